The Balaban J connectivity index is 1.90. The predicted octanol–water partition coefficient (Wildman–Crippen LogP) is 3.50. The summed E-state index contributed by atoms with van der Waals surface area (Å²) in [5, 5.41) is 3.31. The van der Waals surface area contributed by atoms with Crippen LogP contribution in [0.3, 0.4) is 0 Å². The Kier molecular flexibility index (Phi) is 5.32. The number of nitrogens with one attached hydrogen (secondary N) is 1. The van der Waals surface area contributed by atoms with Gasteiger partial charge in [-0.05, 0) is 31.2 Å². The molecule has 0 saturated carbocycles. The molecule has 4 nitrogen and oxygen atoms in total. The lowest BCUT2D eigenvalue weighted by Gasteiger charge is -2.14. The van der Waals surface area contributed by atoms with E-state index in [1.54, 1.807) is 14.2 Å². The molecule has 0 unspecified atom stereocenters. The smallest absolute Gasteiger partial charge is 0.203 e. The monoisotopic (exact) mass is 287 g/mol. The summed E-state index contributed by atoms with van der Waals surface area (Å²) in [6.07, 6.45) is 0. The van der Waals surface area contributed by atoms with E-state index in [2.05, 4.69) is 36.5 Å². The van der Waals surface area contributed by atoms with Gasteiger partial charge in [-0.1, -0.05) is 23.8 Å². The van der Waals surface area contributed by atoms with Crippen LogP contribution >= 0.6 is 0 Å². The van der Waals surface area contributed by atoms with Gasteiger partial charge in [0.25, 0.3) is 0 Å². The van der Waals surface area contributed by atoms with Crippen molar-refractivity contribution in [2.24, 2.45) is 0 Å². The Morgan fingerprint density at radius 2 is 1.52 bits per heavy atom. The van der Waals surface area contributed by atoms with Gasteiger partial charge in [0.2, 0.25) is 5.75 Å². The number of hydrogen-bond donors (Lipinski definition) is 1. The Hall–Kier alpha value is -2.36. The van der Waals surface area contributed by atoms with Crippen molar-refractivity contribution in [1.29, 1.82) is 0 Å². The first-order chi connectivity index (χ1) is 10.2. The molecule has 1 N–H and O–H groups in total. The van der Waals surface area contributed by atoms with Gasteiger partial charge in [0.05, 0.1) is 14.2 Å². The van der Waals surface area contributed by atoms with Crippen molar-refractivity contribution < 1.29 is 14.2 Å². The van der Waals surface area contributed by atoms with Gasteiger partial charge in [-0.25, -0.2) is 0 Å². The summed E-state index contributed by atoms with van der Waals surface area (Å²) in [6.45, 7) is 3.29. The molecule has 112 valence electrons. The molecule has 0 spiro atoms. The van der Waals surface area contributed by atoms with Gasteiger partial charge in [-0.2, -0.15) is 0 Å². The molecule has 0 fully saturated rings. The fraction of sp³-hybridized carbons (Fsp3) is 0.294. The van der Waals surface area contributed by atoms with E-state index >= 15 is 0 Å². The standard InChI is InChI=1S/C17H21NO3/c1-13-7-9-14(10-8-13)18-11-12-21-17-15(19-2)5-4-6-16(17)20-3/h4-10,18H,11-12H2,1-3H3. The number of benzene rings is 2. The third-order valence-corrected chi connectivity index (χ3v) is 3.11. The van der Waals surface area contributed by atoms with Gasteiger partial charge in [0.15, 0.2) is 11.5 Å². The SMILES string of the molecule is COc1cccc(OC)c1OCCNc1ccc(C)cc1. The molecule has 2 aromatic rings. The van der Waals surface area contributed by atoms with Crippen LogP contribution in [0.2, 0.25) is 0 Å². The highest BCUT2D eigenvalue weighted by atomic mass is 16.5. The van der Waals surface area contributed by atoms with Gasteiger partial charge in [-0.15, -0.1) is 0 Å². The minimum Gasteiger partial charge on any atom is -0.493 e. The Morgan fingerprint density at radius 1 is 0.905 bits per heavy atom. The maximum Gasteiger partial charge on any atom is 0.203 e. The van der Waals surface area contributed by atoms with Crippen LogP contribution in [0.25, 0.3) is 0 Å². The quantitative estimate of drug-likeness (QED) is 0.791. The first-order valence-electron chi connectivity index (χ1n) is 6.89. The molecule has 0 amide bonds. The molecule has 0 bridgehead atoms. The third kappa shape index (κ3) is 4.05. The second-order valence-corrected chi connectivity index (χ2v) is 4.63. The first kappa shape index (κ1) is 15.0. The number of anilines is 1. The lowest BCUT2D eigenvalue weighted by molar-refractivity contribution is 0.284. The summed E-state index contributed by atoms with van der Waals surface area (Å²) < 4.78 is 16.4. The first-order valence-corrected chi connectivity index (χ1v) is 6.89. The van der Waals surface area contributed by atoms with Crippen molar-refractivity contribution in [3.05, 3.63) is 48.0 Å². The predicted molar refractivity (Wildman–Crippen MR) is 84.7 cm³/mol. The second kappa shape index (κ2) is 7.43. The summed E-state index contributed by atoms with van der Waals surface area (Å²) in [7, 11) is 3.23. The molecule has 4 heteroatoms. The zero-order chi connectivity index (χ0) is 15.1. The molecule has 0 radical (unpaired) electrons. The van der Waals surface area contributed by atoms with E-state index in [0.717, 1.165) is 5.69 Å². The van der Waals surface area contributed by atoms with Gasteiger partial charge >= 0.3 is 0 Å². The highest BCUT2D eigenvalue weighted by molar-refractivity contribution is 5.51. The molecular formula is C17H21NO3. The number of para-hydroxylation sites is 1. The van der Waals surface area contributed by atoms with E-state index in [1.165, 1.54) is 5.56 Å². The highest BCUT2D eigenvalue weighted by Gasteiger charge is 2.10. The van der Waals surface area contributed by atoms with E-state index in [-0.39, 0.29) is 0 Å². The van der Waals surface area contributed by atoms with Crippen molar-refractivity contribution in [3.8, 4) is 17.2 Å². The fourth-order valence-corrected chi connectivity index (χ4v) is 1.98. The molecule has 0 atom stereocenters. The summed E-state index contributed by atoms with van der Waals surface area (Å²) in [6, 6.07) is 13.8. The molecule has 0 aromatic heterocycles. The van der Waals surface area contributed by atoms with Gasteiger partial charge in [0.1, 0.15) is 6.61 Å². The fourth-order valence-electron chi connectivity index (χ4n) is 1.98. The molecule has 0 aliphatic heterocycles. The Labute approximate surface area is 125 Å². The molecule has 0 aliphatic rings. The summed E-state index contributed by atoms with van der Waals surface area (Å²) in [5.74, 6) is 1.97. The Morgan fingerprint density at radius 3 is 2.10 bits per heavy atom. The number of methoxy groups -OCH3 is 2. The van der Waals surface area contributed by atoms with Crippen LogP contribution in [0.5, 0.6) is 17.2 Å². The van der Waals surface area contributed by atoms with Crippen LogP contribution in [0.15, 0.2) is 42.5 Å². The van der Waals surface area contributed by atoms with Crippen LogP contribution in [0.4, 0.5) is 5.69 Å². The highest BCUT2D eigenvalue weighted by Crippen LogP contribution is 2.36. The maximum absolute atomic E-state index is 5.78. The molecule has 0 heterocycles. The van der Waals surface area contributed by atoms with E-state index in [0.29, 0.717) is 30.4 Å². The average Bonchev–Trinajstić information content (AvgIpc) is 2.53. The molecule has 2 rings (SSSR count). The van der Waals surface area contributed by atoms with E-state index in [9.17, 15) is 0 Å². The van der Waals surface area contributed by atoms with Crippen LogP contribution < -0.4 is 19.5 Å². The van der Waals surface area contributed by atoms with Crippen LogP contribution in [0.1, 0.15) is 5.56 Å². The molecule has 0 saturated heterocycles. The van der Waals surface area contributed by atoms with Crippen molar-refractivity contribution in [2.75, 3.05) is 32.7 Å². The van der Waals surface area contributed by atoms with Crippen molar-refractivity contribution in [2.45, 2.75) is 6.92 Å². The molecule has 0 aliphatic carbocycles. The van der Waals surface area contributed by atoms with Crippen LogP contribution in [-0.4, -0.2) is 27.4 Å². The number of aryl methyl sites for hydroxylation is 1. The molecule has 2 aromatic carbocycles. The summed E-state index contributed by atoms with van der Waals surface area (Å²) in [5.41, 5.74) is 2.33. The zero-order valence-electron chi connectivity index (χ0n) is 12.7. The van der Waals surface area contributed by atoms with Crippen molar-refractivity contribution >= 4 is 5.69 Å². The lowest BCUT2D eigenvalue weighted by Crippen LogP contribution is -2.12. The van der Waals surface area contributed by atoms with E-state index in [1.807, 2.05) is 18.2 Å². The van der Waals surface area contributed by atoms with Gasteiger partial charge < -0.3 is 19.5 Å². The van der Waals surface area contributed by atoms with Gasteiger partial charge in [-0.3, -0.25) is 0 Å². The maximum atomic E-state index is 5.78. The largest absolute Gasteiger partial charge is 0.493 e. The topological polar surface area (TPSA) is 39.7 Å². The average molecular weight is 287 g/mol. The second-order valence-electron chi connectivity index (χ2n) is 4.63. The minimum atomic E-state index is 0.518. The normalized spacial score (nSPS) is 10.0. The zero-order valence-corrected chi connectivity index (χ0v) is 12.7. The summed E-state index contributed by atoms with van der Waals surface area (Å²) in [4.78, 5) is 0. The summed E-state index contributed by atoms with van der Waals surface area (Å²) >= 11 is 0. The molecule has 21 heavy (non-hydrogen) atoms. The Bertz CT molecular complexity index is 544. The van der Waals surface area contributed by atoms with E-state index in [4.69, 9.17) is 14.2 Å². The minimum absolute atomic E-state index is 0.518. The van der Waals surface area contributed by atoms with Crippen LogP contribution in [0, 0.1) is 6.92 Å². The number of hydrogen-bond acceptors (Lipinski definition) is 4. The van der Waals surface area contributed by atoms with Gasteiger partial charge in [0, 0.05) is 12.2 Å². The van der Waals surface area contributed by atoms with Crippen molar-refractivity contribution in [3.63, 3.8) is 0 Å². The number of rotatable bonds is 7. The lowest BCUT2D eigenvalue weighted by atomic mass is 10.2. The van der Waals surface area contributed by atoms with Crippen molar-refractivity contribution in [1.82, 2.24) is 0 Å². The van der Waals surface area contributed by atoms with E-state index < -0.39 is 0 Å². The molecular weight excluding hydrogens is 266 g/mol. The van der Waals surface area contributed by atoms with Crippen LogP contribution in [-0.2, 0) is 0 Å². The third-order valence-electron chi connectivity index (χ3n) is 3.11. The number of ether oxygens (including phenoxy) is 3.